The van der Waals surface area contributed by atoms with Crippen LogP contribution in [0, 0.1) is 0 Å². The van der Waals surface area contributed by atoms with E-state index in [1.165, 1.54) is 0 Å². The van der Waals surface area contributed by atoms with Crippen LogP contribution in [0.3, 0.4) is 0 Å². The monoisotopic (exact) mass is 256 g/mol. The number of hydrogen-bond acceptors (Lipinski definition) is 3. The van der Waals surface area contributed by atoms with E-state index >= 15 is 0 Å². The second-order valence-electron chi connectivity index (χ2n) is 4.14. The molecule has 0 spiro atoms. The molecule has 2 heterocycles. The molecule has 0 saturated heterocycles. The number of fused-ring (bicyclic) bond motifs is 1. The second-order valence-corrected chi connectivity index (χ2v) is 4.14. The predicted octanol–water partition coefficient (Wildman–Crippen LogP) is 2.68. The molecule has 0 aliphatic rings. The Morgan fingerprint density at radius 1 is 1.21 bits per heavy atom. The van der Waals surface area contributed by atoms with Crippen molar-refractivity contribution in [2.45, 2.75) is 6.54 Å². The first-order chi connectivity index (χ1) is 9.25. The largest absolute Gasteiger partial charge is 0.475 e. The zero-order chi connectivity index (χ0) is 13.2. The zero-order valence-corrected chi connectivity index (χ0v) is 10.0. The highest BCUT2D eigenvalue weighted by Crippen LogP contribution is 2.25. The molecule has 0 saturated carbocycles. The lowest BCUT2D eigenvalue weighted by Gasteiger charge is -2.06. The molecule has 5 heteroatoms. The Morgan fingerprint density at radius 2 is 1.95 bits per heavy atom. The lowest BCUT2D eigenvalue weighted by molar-refractivity contribution is 0.0663. The van der Waals surface area contributed by atoms with Crippen LogP contribution in [0.4, 0.5) is 0 Å². The summed E-state index contributed by atoms with van der Waals surface area (Å²) in [4.78, 5) is 11.2. The third-order valence-corrected chi connectivity index (χ3v) is 2.94. The standard InChI is InChI=1S/C14H12N2O3/c17-14(18)13-11(9-15-16-7-3-4-8-16)10-5-1-2-6-12(10)19-13/h1-8,15H,9H2,(H,17,18). The molecule has 3 aromatic rings. The third kappa shape index (κ3) is 2.06. The van der Waals surface area contributed by atoms with Gasteiger partial charge in [-0.05, 0) is 18.2 Å². The average molecular weight is 256 g/mol. The van der Waals surface area contributed by atoms with Gasteiger partial charge in [-0.15, -0.1) is 0 Å². The molecule has 0 unspecified atom stereocenters. The highest BCUT2D eigenvalue weighted by atomic mass is 16.4. The minimum absolute atomic E-state index is 0.0131. The Hall–Kier alpha value is -2.69. The quantitative estimate of drug-likeness (QED) is 0.753. The van der Waals surface area contributed by atoms with E-state index < -0.39 is 5.97 Å². The lowest BCUT2D eigenvalue weighted by Crippen LogP contribution is -2.13. The number of para-hydroxylation sites is 1. The van der Waals surface area contributed by atoms with Crippen LogP contribution in [0.15, 0.2) is 53.2 Å². The Bertz CT molecular complexity index is 713. The van der Waals surface area contributed by atoms with Crippen molar-refractivity contribution in [3.05, 3.63) is 60.1 Å². The summed E-state index contributed by atoms with van der Waals surface area (Å²) < 4.78 is 7.15. The number of rotatable bonds is 4. The molecule has 3 rings (SSSR count). The topological polar surface area (TPSA) is 67.4 Å². The number of furan rings is 1. The highest BCUT2D eigenvalue weighted by molar-refractivity contribution is 5.95. The van der Waals surface area contributed by atoms with Crippen LogP contribution in [0.25, 0.3) is 11.0 Å². The third-order valence-electron chi connectivity index (χ3n) is 2.94. The fourth-order valence-corrected chi connectivity index (χ4v) is 2.06. The maximum absolute atomic E-state index is 11.2. The van der Waals surface area contributed by atoms with Gasteiger partial charge in [0.1, 0.15) is 5.58 Å². The van der Waals surface area contributed by atoms with Crippen molar-refractivity contribution >= 4 is 16.9 Å². The van der Waals surface area contributed by atoms with Crippen molar-refractivity contribution in [2.24, 2.45) is 0 Å². The number of carboxylic acid groups (broad SMARTS) is 1. The van der Waals surface area contributed by atoms with E-state index in [0.717, 1.165) is 5.39 Å². The normalized spacial score (nSPS) is 10.7. The summed E-state index contributed by atoms with van der Waals surface area (Å²) in [6.07, 6.45) is 3.70. The van der Waals surface area contributed by atoms with Crippen LogP contribution in [-0.2, 0) is 6.54 Å². The van der Waals surface area contributed by atoms with Crippen LogP contribution in [0.1, 0.15) is 16.1 Å². The summed E-state index contributed by atoms with van der Waals surface area (Å²) in [5.74, 6) is -1.07. The first-order valence-electron chi connectivity index (χ1n) is 5.86. The molecular weight excluding hydrogens is 244 g/mol. The van der Waals surface area contributed by atoms with Crippen molar-refractivity contribution in [3.63, 3.8) is 0 Å². The molecule has 0 aliphatic heterocycles. The van der Waals surface area contributed by atoms with Gasteiger partial charge in [-0.3, -0.25) is 4.68 Å². The number of benzene rings is 1. The van der Waals surface area contributed by atoms with Gasteiger partial charge in [0.05, 0.1) is 6.54 Å². The minimum Gasteiger partial charge on any atom is -0.475 e. The molecular formula is C14H12N2O3. The number of nitrogens with one attached hydrogen (secondary N) is 1. The van der Waals surface area contributed by atoms with Gasteiger partial charge in [0, 0.05) is 23.3 Å². The number of aromatic nitrogens is 1. The van der Waals surface area contributed by atoms with Gasteiger partial charge in [-0.2, -0.15) is 0 Å². The molecule has 2 aromatic heterocycles. The van der Waals surface area contributed by atoms with E-state index in [4.69, 9.17) is 4.42 Å². The van der Waals surface area contributed by atoms with E-state index in [1.807, 2.05) is 42.7 Å². The van der Waals surface area contributed by atoms with Crippen molar-refractivity contribution in [1.82, 2.24) is 4.68 Å². The van der Waals surface area contributed by atoms with Crippen molar-refractivity contribution in [2.75, 3.05) is 5.43 Å². The van der Waals surface area contributed by atoms with Gasteiger partial charge >= 0.3 is 5.97 Å². The van der Waals surface area contributed by atoms with Crippen LogP contribution >= 0.6 is 0 Å². The van der Waals surface area contributed by atoms with Crippen molar-refractivity contribution in [1.29, 1.82) is 0 Å². The molecule has 0 fully saturated rings. The molecule has 1 aromatic carbocycles. The molecule has 0 atom stereocenters. The lowest BCUT2D eigenvalue weighted by atomic mass is 10.1. The van der Waals surface area contributed by atoms with Crippen LogP contribution in [-0.4, -0.2) is 15.8 Å². The van der Waals surface area contributed by atoms with E-state index in [1.54, 1.807) is 10.7 Å². The fraction of sp³-hybridized carbons (Fsp3) is 0.0714. The molecule has 0 aliphatic carbocycles. The second kappa shape index (κ2) is 4.53. The van der Waals surface area contributed by atoms with E-state index in [9.17, 15) is 9.90 Å². The van der Waals surface area contributed by atoms with Gasteiger partial charge in [0.25, 0.3) is 0 Å². The number of nitrogens with zero attached hydrogens (tertiary/aromatic N) is 1. The summed E-state index contributed by atoms with van der Waals surface area (Å²) in [5, 5.41) is 10.0. The van der Waals surface area contributed by atoms with Gasteiger partial charge < -0.3 is 14.9 Å². The van der Waals surface area contributed by atoms with Gasteiger partial charge in [0.2, 0.25) is 5.76 Å². The molecule has 96 valence electrons. The summed E-state index contributed by atoms with van der Waals surface area (Å²) in [6.45, 7) is 0.382. The van der Waals surface area contributed by atoms with Crippen LogP contribution in [0.2, 0.25) is 0 Å². The first-order valence-corrected chi connectivity index (χ1v) is 5.86. The summed E-state index contributed by atoms with van der Waals surface area (Å²) in [7, 11) is 0. The SMILES string of the molecule is O=C(O)c1oc2ccccc2c1CNn1cccc1. The number of aromatic carboxylic acids is 1. The molecule has 0 bridgehead atoms. The summed E-state index contributed by atoms with van der Waals surface area (Å²) in [5.41, 5.74) is 4.34. The van der Waals surface area contributed by atoms with Crippen molar-refractivity contribution < 1.29 is 14.3 Å². The molecule has 2 N–H and O–H groups in total. The van der Waals surface area contributed by atoms with E-state index in [-0.39, 0.29) is 5.76 Å². The van der Waals surface area contributed by atoms with E-state index in [0.29, 0.717) is 17.7 Å². The zero-order valence-electron chi connectivity index (χ0n) is 10.0. The molecule has 5 nitrogen and oxygen atoms in total. The van der Waals surface area contributed by atoms with E-state index in [2.05, 4.69) is 5.43 Å². The minimum atomic E-state index is -1.06. The Balaban J connectivity index is 2.00. The van der Waals surface area contributed by atoms with Gasteiger partial charge in [-0.25, -0.2) is 4.79 Å². The first kappa shape index (κ1) is 11.4. The molecule has 19 heavy (non-hydrogen) atoms. The molecule has 0 amide bonds. The Kier molecular flexibility index (Phi) is 2.72. The smallest absolute Gasteiger partial charge is 0.372 e. The van der Waals surface area contributed by atoms with Crippen molar-refractivity contribution in [3.8, 4) is 0 Å². The number of carboxylic acids is 1. The van der Waals surface area contributed by atoms with Crippen LogP contribution < -0.4 is 5.43 Å². The van der Waals surface area contributed by atoms with Crippen LogP contribution in [0.5, 0.6) is 0 Å². The highest BCUT2D eigenvalue weighted by Gasteiger charge is 2.19. The Labute approximate surface area is 109 Å². The average Bonchev–Trinajstić information content (AvgIpc) is 3.03. The number of hydrogen-bond donors (Lipinski definition) is 2. The number of carbonyl (C=O) groups is 1. The molecule has 0 radical (unpaired) electrons. The summed E-state index contributed by atoms with van der Waals surface area (Å²) >= 11 is 0. The Morgan fingerprint density at radius 3 is 2.68 bits per heavy atom. The van der Waals surface area contributed by atoms with Gasteiger partial charge in [-0.1, -0.05) is 18.2 Å². The predicted molar refractivity (Wildman–Crippen MR) is 70.7 cm³/mol. The summed E-state index contributed by atoms with van der Waals surface area (Å²) in [6, 6.07) is 11.1. The fourth-order valence-electron chi connectivity index (χ4n) is 2.06. The maximum Gasteiger partial charge on any atom is 0.372 e. The van der Waals surface area contributed by atoms with Gasteiger partial charge in [0.15, 0.2) is 0 Å². The maximum atomic E-state index is 11.2.